The first kappa shape index (κ1) is 15.6. The number of amides is 1. The quantitative estimate of drug-likeness (QED) is 0.764. The highest BCUT2D eigenvalue weighted by atomic mass is 32.2. The number of aromatic nitrogens is 1. The Kier molecular flexibility index (Phi) is 6.49. The van der Waals surface area contributed by atoms with Crippen LogP contribution >= 0.6 is 11.8 Å². The van der Waals surface area contributed by atoms with Gasteiger partial charge in [-0.2, -0.15) is 11.8 Å². The molecule has 0 saturated heterocycles. The van der Waals surface area contributed by atoms with E-state index < -0.39 is 12.0 Å². The topological polar surface area (TPSA) is 71.3 Å². The van der Waals surface area contributed by atoms with Gasteiger partial charge < -0.3 is 15.0 Å². The Labute approximate surface area is 117 Å². The van der Waals surface area contributed by atoms with Gasteiger partial charge in [0.25, 0.3) is 5.91 Å². The van der Waals surface area contributed by atoms with Crippen LogP contribution in [0.4, 0.5) is 0 Å². The van der Waals surface area contributed by atoms with Crippen LogP contribution in [0.5, 0.6) is 0 Å². The summed E-state index contributed by atoms with van der Waals surface area (Å²) in [5.41, 5.74) is 0.511. The molecule has 1 rings (SSSR count). The molecular formula is C13H20N2O3S. The molecule has 6 heteroatoms. The van der Waals surface area contributed by atoms with E-state index in [4.69, 9.17) is 5.11 Å². The number of nitrogens with one attached hydrogen (secondary N) is 1. The summed E-state index contributed by atoms with van der Waals surface area (Å²) >= 11 is 1.56. The molecule has 106 valence electrons. The maximum Gasteiger partial charge on any atom is 0.326 e. The molecule has 1 amide bonds. The van der Waals surface area contributed by atoms with Crippen LogP contribution in [-0.4, -0.2) is 39.6 Å². The van der Waals surface area contributed by atoms with Gasteiger partial charge in [-0.25, -0.2) is 4.79 Å². The van der Waals surface area contributed by atoms with Crippen molar-refractivity contribution < 1.29 is 14.7 Å². The minimum absolute atomic E-state index is 0.327. The van der Waals surface area contributed by atoms with Crippen LogP contribution < -0.4 is 5.32 Å². The molecular weight excluding hydrogens is 264 g/mol. The lowest BCUT2D eigenvalue weighted by Crippen LogP contribution is -2.41. The maximum absolute atomic E-state index is 12.1. The Morgan fingerprint density at radius 1 is 1.53 bits per heavy atom. The predicted molar refractivity (Wildman–Crippen MR) is 76.6 cm³/mol. The fourth-order valence-electron chi connectivity index (χ4n) is 1.78. The smallest absolute Gasteiger partial charge is 0.326 e. The van der Waals surface area contributed by atoms with E-state index in [9.17, 15) is 9.59 Å². The number of rotatable bonds is 8. The second-order valence-electron chi connectivity index (χ2n) is 4.23. The lowest BCUT2D eigenvalue weighted by atomic mass is 10.2. The normalized spacial score (nSPS) is 12.1. The summed E-state index contributed by atoms with van der Waals surface area (Å²) < 4.78 is 1.84. The number of hydrogen-bond acceptors (Lipinski definition) is 3. The Morgan fingerprint density at radius 3 is 2.84 bits per heavy atom. The largest absolute Gasteiger partial charge is 0.480 e. The van der Waals surface area contributed by atoms with Crippen LogP contribution in [0.2, 0.25) is 0 Å². The van der Waals surface area contributed by atoms with Crippen LogP contribution in [0.3, 0.4) is 0 Å². The number of hydrogen-bond donors (Lipinski definition) is 2. The molecule has 1 heterocycles. The Morgan fingerprint density at radius 2 is 2.26 bits per heavy atom. The molecule has 0 aliphatic heterocycles. The zero-order chi connectivity index (χ0) is 14.3. The number of thioether (sulfide) groups is 1. The van der Waals surface area contributed by atoms with E-state index in [1.54, 1.807) is 23.9 Å². The number of carboxylic acid groups (broad SMARTS) is 1. The van der Waals surface area contributed by atoms with E-state index >= 15 is 0 Å². The summed E-state index contributed by atoms with van der Waals surface area (Å²) in [7, 11) is 0. The lowest BCUT2D eigenvalue weighted by Gasteiger charge is -2.15. The molecule has 0 aliphatic carbocycles. The molecule has 1 unspecified atom stereocenters. The fourth-order valence-corrected chi connectivity index (χ4v) is 2.25. The standard InChI is InChI=1S/C13H20N2O3S/c1-3-7-15-8-4-5-11(15)12(16)14-10(13(17)18)6-9-19-2/h4-5,8,10H,3,6-7,9H2,1-2H3,(H,14,16)(H,17,18). The van der Waals surface area contributed by atoms with E-state index in [0.717, 1.165) is 13.0 Å². The molecule has 19 heavy (non-hydrogen) atoms. The van der Waals surface area contributed by atoms with Crippen LogP contribution in [0, 0.1) is 0 Å². The molecule has 0 radical (unpaired) electrons. The molecule has 2 N–H and O–H groups in total. The lowest BCUT2D eigenvalue weighted by molar-refractivity contribution is -0.139. The van der Waals surface area contributed by atoms with Gasteiger partial charge in [-0.3, -0.25) is 4.79 Å². The molecule has 0 saturated carbocycles. The zero-order valence-electron chi connectivity index (χ0n) is 11.3. The van der Waals surface area contributed by atoms with Crippen molar-refractivity contribution in [2.45, 2.75) is 32.4 Å². The third kappa shape index (κ3) is 4.63. The molecule has 5 nitrogen and oxygen atoms in total. The summed E-state index contributed by atoms with van der Waals surface area (Å²) in [4.78, 5) is 23.2. The van der Waals surface area contributed by atoms with Crippen molar-refractivity contribution in [2.75, 3.05) is 12.0 Å². The first-order valence-corrected chi connectivity index (χ1v) is 7.67. The molecule has 0 bridgehead atoms. The number of aliphatic carboxylic acids is 1. The number of nitrogens with zero attached hydrogens (tertiary/aromatic N) is 1. The molecule has 0 aliphatic rings. The summed E-state index contributed by atoms with van der Waals surface area (Å²) in [6, 6.07) is 2.67. The molecule has 0 spiro atoms. The zero-order valence-corrected chi connectivity index (χ0v) is 12.1. The number of carbonyl (C=O) groups excluding carboxylic acids is 1. The van der Waals surface area contributed by atoms with Gasteiger partial charge >= 0.3 is 5.97 Å². The second kappa shape index (κ2) is 7.89. The van der Waals surface area contributed by atoms with Crippen molar-refractivity contribution >= 4 is 23.6 Å². The van der Waals surface area contributed by atoms with E-state index in [2.05, 4.69) is 5.32 Å². The molecule has 1 aromatic rings. The van der Waals surface area contributed by atoms with Crippen molar-refractivity contribution in [2.24, 2.45) is 0 Å². The molecule has 1 aromatic heterocycles. The van der Waals surface area contributed by atoms with Gasteiger partial charge in [0.1, 0.15) is 11.7 Å². The summed E-state index contributed by atoms with van der Waals surface area (Å²) in [6.45, 7) is 2.78. The van der Waals surface area contributed by atoms with Gasteiger partial charge in [0.2, 0.25) is 0 Å². The molecule has 0 fully saturated rings. The SMILES string of the molecule is CCCn1cccc1C(=O)NC(CCSC)C(=O)O. The summed E-state index contributed by atoms with van der Waals surface area (Å²) in [6.07, 6.45) is 5.09. The number of carbonyl (C=O) groups is 2. The van der Waals surface area contributed by atoms with Crippen LogP contribution in [0.1, 0.15) is 30.3 Å². The predicted octanol–water partition coefficient (Wildman–Crippen LogP) is 1.83. The minimum atomic E-state index is -0.990. The van der Waals surface area contributed by atoms with Gasteiger partial charge in [-0.1, -0.05) is 6.92 Å². The fraction of sp³-hybridized carbons (Fsp3) is 0.538. The summed E-state index contributed by atoms with van der Waals surface area (Å²) in [5.74, 6) is -0.615. The highest BCUT2D eigenvalue weighted by molar-refractivity contribution is 7.98. The van der Waals surface area contributed by atoms with Crippen LogP contribution in [-0.2, 0) is 11.3 Å². The van der Waals surface area contributed by atoms with Gasteiger partial charge in [0.05, 0.1) is 0 Å². The van der Waals surface area contributed by atoms with Crippen molar-refractivity contribution in [1.82, 2.24) is 9.88 Å². The monoisotopic (exact) mass is 284 g/mol. The number of carboxylic acids is 1. The van der Waals surface area contributed by atoms with E-state index in [1.165, 1.54) is 0 Å². The second-order valence-corrected chi connectivity index (χ2v) is 5.22. The highest BCUT2D eigenvalue weighted by Gasteiger charge is 2.21. The Balaban J connectivity index is 2.70. The Bertz CT molecular complexity index is 431. The summed E-state index contributed by atoms with van der Waals surface area (Å²) in [5, 5.41) is 11.7. The van der Waals surface area contributed by atoms with Gasteiger partial charge in [0, 0.05) is 12.7 Å². The van der Waals surface area contributed by atoms with Crippen molar-refractivity contribution in [3.63, 3.8) is 0 Å². The first-order valence-electron chi connectivity index (χ1n) is 6.27. The first-order chi connectivity index (χ1) is 9.10. The van der Waals surface area contributed by atoms with Crippen molar-refractivity contribution in [1.29, 1.82) is 0 Å². The highest BCUT2D eigenvalue weighted by Crippen LogP contribution is 2.06. The number of aryl methyl sites for hydroxylation is 1. The van der Waals surface area contributed by atoms with Gasteiger partial charge in [-0.15, -0.1) is 0 Å². The van der Waals surface area contributed by atoms with Crippen LogP contribution in [0.15, 0.2) is 18.3 Å². The van der Waals surface area contributed by atoms with E-state index in [-0.39, 0.29) is 5.91 Å². The third-order valence-electron chi connectivity index (χ3n) is 2.74. The van der Waals surface area contributed by atoms with E-state index in [0.29, 0.717) is 17.9 Å². The third-order valence-corrected chi connectivity index (χ3v) is 3.38. The van der Waals surface area contributed by atoms with Crippen LogP contribution in [0.25, 0.3) is 0 Å². The van der Waals surface area contributed by atoms with Gasteiger partial charge in [-0.05, 0) is 37.0 Å². The minimum Gasteiger partial charge on any atom is -0.480 e. The Hall–Kier alpha value is -1.43. The van der Waals surface area contributed by atoms with Crippen molar-refractivity contribution in [3.05, 3.63) is 24.0 Å². The van der Waals surface area contributed by atoms with E-state index in [1.807, 2.05) is 23.9 Å². The molecule has 0 aromatic carbocycles. The van der Waals surface area contributed by atoms with Crippen molar-refractivity contribution in [3.8, 4) is 0 Å². The average molecular weight is 284 g/mol. The average Bonchev–Trinajstić information content (AvgIpc) is 2.82. The molecule has 1 atom stereocenters. The maximum atomic E-state index is 12.1. The van der Waals surface area contributed by atoms with Gasteiger partial charge in [0.15, 0.2) is 0 Å².